The Morgan fingerprint density at radius 1 is 0.581 bits per heavy atom. The highest BCUT2D eigenvalue weighted by molar-refractivity contribution is 7.30. The zero-order valence-corrected chi connectivity index (χ0v) is 17.9. The van der Waals surface area contributed by atoms with Gasteiger partial charge in [-0.05, 0) is 17.5 Å². The molecule has 4 aromatic carbocycles. The summed E-state index contributed by atoms with van der Waals surface area (Å²) in [5.41, 5.74) is 2.29. The summed E-state index contributed by atoms with van der Waals surface area (Å²) in [6.07, 6.45) is 4.02. The molecule has 0 amide bonds. The predicted molar refractivity (Wildman–Crippen MR) is 136 cm³/mol. The number of hydrogen-bond donors (Lipinski definition) is 0. The van der Waals surface area contributed by atoms with Crippen LogP contribution in [0.1, 0.15) is 0 Å². The second-order valence-corrected chi connectivity index (χ2v) is 10.1. The first-order chi connectivity index (χ1) is 15.4. The van der Waals surface area contributed by atoms with Crippen LogP contribution in [0.15, 0.2) is 85.2 Å². The highest BCUT2D eigenvalue weighted by Gasteiger charge is 2.17. The number of thiophene rings is 2. The molecule has 4 aromatic heterocycles. The average Bonchev–Trinajstić information content (AvgIpc) is 3.53. The quantitative estimate of drug-likeness (QED) is 0.221. The van der Waals surface area contributed by atoms with Gasteiger partial charge < -0.3 is 0 Å². The Kier molecular flexibility index (Phi) is 2.94. The molecule has 0 N–H and O–H groups in total. The molecule has 0 unspecified atom stereocenters. The highest BCUT2D eigenvalue weighted by atomic mass is 32.1. The lowest BCUT2D eigenvalue weighted by Gasteiger charge is -2.09. The van der Waals surface area contributed by atoms with Gasteiger partial charge in [0.25, 0.3) is 0 Å². The van der Waals surface area contributed by atoms with Gasteiger partial charge in [0.15, 0.2) is 0 Å². The van der Waals surface area contributed by atoms with E-state index in [1.54, 1.807) is 0 Å². The lowest BCUT2D eigenvalue weighted by Crippen LogP contribution is -1.90. The Labute approximate surface area is 184 Å². The van der Waals surface area contributed by atoms with E-state index in [9.17, 15) is 0 Å². The summed E-state index contributed by atoms with van der Waals surface area (Å²) >= 11 is 3.81. The molecule has 0 atom stereocenters. The second kappa shape index (κ2) is 5.61. The van der Waals surface area contributed by atoms with Crippen LogP contribution in [0.25, 0.3) is 67.7 Å². The van der Waals surface area contributed by atoms with E-state index in [1.165, 1.54) is 62.0 Å². The van der Waals surface area contributed by atoms with Crippen molar-refractivity contribution < 1.29 is 0 Å². The van der Waals surface area contributed by atoms with Crippen molar-refractivity contribution in [2.75, 3.05) is 0 Å². The van der Waals surface area contributed by atoms with E-state index in [2.05, 4.69) is 83.4 Å². The molecule has 0 saturated carbocycles. The Balaban J connectivity index is 1.68. The maximum Gasteiger partial charge on any atom is 0.145 e. The van der Waals surface area contributed by atoms with Gasteiger partial charge in [-0.1, -0.05) is 60.7 Å². The summed E-state index contributed by atoms with van der Waals surface area (Å²) in [6, 6.07) is 26.6. The van der Waals surface area contributed by atoms with Gasteiger partial charge in [-0.15, -0.1) is 22.7 Å². The third-order valence-corrected chi connectivity index (χ3v) is 8.84. The molecule has 2 nitrogen and oxygen atoms in total. The van der Waals surface area contributed by atoms with Crippen LogP contribution in [0.2, 0.25) is 0 Å². The van der Waals surface area contributed by atoms with Gasteiger partial charge in [0.2, 0.25) is 0 Å². The van der Waals surface area contributed by atoms with Gasteiger partial charge in [0, 0.05) is 58.8 Å². The van der Waals surface area contributed by atoms with Crippen LogP contribution in [-0.2, 0) is 0 Å². The summed E-state index contributed by atoms with van der Waals surface area (Å²) in [7, 11) is 0. The lowest BCUT2D eigenvalue weighted by molar-refractivity contribution is 1.28. The van der Waals surface area contributed by atoms with Crippen molar-refractivity contribution in [3.8, 4) is 0 Å². The summed E-state index contributed by atoms with van der Waals surface area (Å²) < 4.78 is 7.72. The van der Waals surface area contributed by atoms with E-state index in [-0.39, 0.29) is 0 Å². The Morgan fingerprint density at radius 2 is 1.32 bits per heavy atom. The average molecular weight is 431 g/mol. The zero-order valence-electron chi connectivity index (χ0n) is 16.3. The largest absolute Gasteiger partial charge is 0.298 e. The molecule has 0 aliphatic carbocycles. The number of benzene rings is 4. The minimum Gasteiger partial charge on any atom is -0.298 e. The van der Waals surface area contributed by atoms with Crippen LogP contribution in [0.5, 0.6) is 0 Å². The molecular weight excluding hydrogens is 416 g/mol. The van der Waals surface area contributed by atoms with Crippen LogP contribution in [0.4, 0.5) is 0 Å². The fourth-order valence-electron chi connectivity index (χ4n) is 5.14. The normalized spacial score (nSPS) is 12.5. The molecule has 0 bridgehead atoms. The van der Waals surface area contributed by atoms with Crippen molar-refractivity contribution in [3.63, 3.8) is 0 Å². The molecule has 0 fully saturated rings. The summed E-state index contributed by atoms with van der Waals surface area (Å²) in [4.78, 5) is 4.71. The Morgan fingerprint density at radius 3 is 2.26 bits per heavy atom. The second-order valence-electron chi connectivity index (χ2n) is 8.02. The number of rotatable bonds is 0. The lowest BCUT2D eigenvalue weighted by atomic mass is 10.0. The fourth-order valence-corrected chi connectivity index (χ4v) is 7.73. The van der Waals surface area contributed by atoms with E-state index in [0.717, 1.165) is 5.65 Å². The molecule has 0 spiro atoms. The molecule has 4 heteroatoms. The van der Waals surface area contributed by atoms with Gasteiger partial charge in [-0.2, -0.15) is 0 Å². The minimum absolute atomic E-state index is 1.03. The van der Waals surface area contributed by atoms with E-state index < -0.39 is 0 Å². The first-order valence-electron chi connectivity index (χ1n) is 10.3. The summed E-state index contributed by atoms with van der Waals surface area (Å²) in [5, 5.41) is 9.19. The van der Waals surface area contributed by atoms with Gasteiger partial charge in [-0.25, -0.2) is 4.98 Å². The predicted octanol–water partition coefficient (Wildman–Crippen LogP) is 8.38. The van der Waals surface area contributed by atoms with Crippen molar-refractivity contribution in [1.29, 1.82) is 0 Å². The molecule has 144 valence electrons. The van der Waals surface area contributed by atoms with E-state index in [4.69, 9.17) is 4.98 Å². The number of pyridine rings is 1. The van der Waals surface area contributed by atoms with Crippen LogP contribution >= 0.6 is 22.7 Å². The van der Waals surface area contributed by atoms with Crippen LogP contribution in [0, 0.1) is 0 Å². The molecule has 0 saturated heterocycles. The van der Waals surface area contributed by atoms with Crippen molar-refractivity contribution in [3.05, 3.63) is 85.2 Å². The Hall–Kier alpha value is -3.47. The standard InChI is InChI=1S/C27H14N2S2/c1-2-6-19-15(5-1)16-9-10-18-17-11-12-22-23(20-7-3-4-8-21(20)30-22)25(17)31-26(18)24(16)29-14-13-28-27(19)29/h1-14H. The monoisotopic (exact) mass is 430 g/mol. The first kappa shape index (κ1) is 16.3. The van der Waals surface area contributed by atoms with Crippen LogP contribution in [0.3, 0.4) is 0 Å². The van der Waals surface area contributed by atoms with E-state index in [0.29, 0.717) is 0 Å². The van der Waals surface area contributed by atoms with E-state index in [1.807, 2.05) is 28.9 Å². The number of imidazole rings is 1. The van der Waals surface area contributed by atoms with Crippen LogP contribution < -0.4 is 0 Å². The number of aromatic nitrogens is 2. The van der Waals surface area contributed by atoms with Crippen LogP contribution in [-0.4, -0.2) is 9.38 Å². The molecular formula is C27H14N2S2. The summed E-state index contributed by atoms with van der Waals surface area (Å²) in [6.45, 7) is 0. The maximum atomic E-state index is 4.71. The molecule has 4 heterocycles. The third kappa shape index (κ3) is 1.95. The maximum absolute atomic E-state index is 4.71. The zero-order chi connectivity index (χ0) is 20.1. The number of fused-ring (bicyclic) bond motifs is 14. The smallest absolute Gasteiger partial charge is 0.145 e. The summed E-state index contributed by atoms with van der Waals surface area (Å²) in [5.74, 6) is 0. The van der Waals surface area contributed by atoms with Gasteiger partial charge in [0.05, 0.1) is 10.2 Å². The molecule has 0 aliphatic heterocycles. The van der Waals surface area contributed by atoms with Crippen molar-refractivity contribution in [1.82, 2.24) is 9.38 Å². The highest BCUT2D eigenvalue weighted by Crippen LogP contribution is 2.46. The van der Waals surface area contributed by atoms with Gasteiger partial charge in [-0.3, -0.25) is 4.40 Å². The Bertz CT molecular complexity index is 2000. The van der Waals surface area contributed by atoms with Gasteiger partial charge >= 0.3 is 0 Å². The molecule has 0 radical (unpaired) electrons. The third-order valence-electron chi connectivity index (χ3n) is 6.46. The molecule has 0 aliphatic rings. The minimum atomic E-state index is 1.03. The van der Waals surface area contributed by atoms with Crippen molar-refractivity contribution >= 4 is 90.3 Å². The topological polar surface area (TPSA) is 17.3 Å². The van der Waals surface area contributed by atoms with Crippen molar-refractivity contribution in [2.45, 2.75) is 0 Å². The first-order valence-corrected chi connectivity index (χ1v) is 11.9. The molecule has 8 rings (SSSR count). The van der Waals surface area contributed by atoms with Crippen molar-refractivity contribution in [2.24, 2.45) is 0 Å². The molecule has 31 heavy (non-hydrogen) atoms. The number of nitrogens with zero attached hydrogens (tertiary/aromatic N) is 2. The van der Waals surface area contributed by atoms with E-state index >= 15 is 0 Å². The molecule has 8 aromatic rings. The number of hydrogen-bond acceptors (Lipinski definition) is 3. The SMILES string of the molecule is c1ccc2c(c1)sc1ccc3c4ccc5c6ccccc6c6nccn6c5c4sc3c12. The fraction of sp³-hybridized carbons (Fsp3) is 0. The van der Waals surface area contributed by atoms with Gasteiger partial charge in [0.1, 0.15) is 5.65 Å².